The van der Waals surface area contributed by atoms with Gasteiger partial charge in [0.1, 0.15) is 12.4 Å². The third-order valence-electron chi connectivity index (χ3n) is 3.56. The summed E-state index contributed by atoms with van der Waals surface area (Å²) in [6.45, 7) is 2.12. The summed E-state index contributed by atoms with van der Waals surface area (Å²) in [5, 5.41) is 6.32. The monoisotopic (exact) mass is 292 g/mol. The Morgan fingerprint density at radius 2 is 2.33 bits per heavy atom. The van der Waals surface area contributed by atoms with E-state index in [0.717, 1.165) is 24.4 Å². The van der Waals surface area contributed by atoms with E-state index in [2.05, 4.69) is 10.6 Å². The Balaban J connectivity index is 1.75. The summed E-state index contributed by atoms with van der Waals surface area (Å²) in [5.41, 5.74) is 0.772. The number of amides is 1. The number of carbonyl (C=O) groups excluding carboxylic acids is 1. The molecule has 1 aliphatic rings. The Hall–Kier alpha value is -1.59. The Kier molecular flexibility index (Phi) is 6.50. The number of benzene rings is 1. The van der Waals surface area contributed by atoms with E-state index in [-0.39, 0.29) is 5.91 Å². The van der Waals surface area contributed by atoms with E-state index in [0.29, 0.717) is 25.7 Å². The third-order valence-corrected chi connectivity index (χ3v) is 3.56. The minimum absolute atomic E-state index is 0.0535. The molecule has 2 N–H and O–H groups in total. The molecule has 2 rings (SSSR count). The molecule has 1 saturated heterocycles. The lowest BCUT2D eigenvalue weighted by molar-refractivity contribution is -0.116. The van der Waals surface area contributed by atoms with Gasteiger partial charge in [0.15, 0.2) is 0 Å². The predicted molar refractivity (Wildman–Crippen MR) is 82.7 cm³/mol. The molecule has 1 aromatic carbocycles. The minimum Gasteiger partial charge on any atom is -0.491 e. The van der Waals surface area contributed by atoms with Crippen molar-refractivity contribution in [3.63, 3.8) is 0 Å². The second-order valence-electron chi connectivity index (χ2n) is 5.25. The topological polar surface area (TPSA) is 59.6 Å². The molecule has 5 heteroatoms. The zero-order valence-corrected chi connectivity index (χ0v) is 12.6. The summed E-state index contributed by atoms with van der Waals surface area (Å²) in [5.74, 6) is 0.792. The number of ether oxygens (including phenoxy) is 2. The van der Waals surface area contributed by atoms with Crippen LogP contribution in [0.1, 0.15) is 25.7 Å². The molecule has 1 unspecified atom stereocenters. The molecule has 0 bridgehead atoms. The van der Waals surface area contributed by atoms with Crippen LogP contribution in [0.5, 0.6) is 5.75 Å². The molecular weight excluding hydrogens is 268 g/mol. The first kappa shape index (κ1) is 15.8. The highest BCUT2D eigenvalue weighted by molar-refractivity contribution is 5.90. The van der Waals surface area contributed by atoms with Crippen molar-refractivity contribution in [2.75, 3.05) is 32.2 Å². The molecular formula is C16H24N2O3. The van der Waals surface area contributed by atoms with E-state index < -0.39 is 0 Å². The van der Waals surface area contributed by atoms with Crippen LogP contribution in [0.15, 0.2) is 24.3 Å². The quantitative estimate of drug-likeness (QED) is 0.721. The number of nitrogens with one attached hydrogen (secondary N) is 2. The zero-order valence-electron chi connectivity index (χ0n) is 12.6. The van der Waals surface area contributed by atoms with Crippen molar-refractivity contribution in [1.82, 2.24) is 5.32 Å². The molecule has 0 radical (unpaired) electrons. The van der Waals surface area contributed by atoms with Crippen molar-refractivity contribution in [1.29, 1.82) is 0 Å². The average Bonchev–Trinajstić information content (AvgIpc) is 2.99. The Labute approximate surface area is 126 Å². The molecule has 116 valence electrons. The van der Waals surface area contributed by atoms with Crippen LogP contribution in [0, 0.1) is 0 Å². The van der Waals surface area contributed by atoms with Gasteiger partial charge in [0.2, 0.25) is 5.91 Å². The van der Waals surface area contributed by atoms with Gasteiger partial charge in [-0.3, -0.25) is 4.79 Å². The average molecular weight is 292 g/mol. The molecule has 1 fully saturated rings. The second-order valence-corrected chi connectivity index (χ2v) is 5.25. The lowest BCUT2D eigenvalue weighted by Gasteiger charge is -2.11. The smallest absolute Gasteiger partial charge is 0.224 e. The van der Waals surface area contributed by atoms with Crippen LogP contribution in [0.2, 0.25) is 0 Å². The van der Waals surface area contributed by atoms with Gasteiger partial charge in [0, 0.05) is 31.3 Å². The van der Waals surface area contributed by atoms with Gasteiger partial charge in [-0.25, -0.2) is 0 Å². The molecule has 1 aliphatic heterocycles. The minimum atomic E-state index is 0.0535. The van der Waals surface area contributed by atoms with Gasteiger partial charge in [-0.1, -0.05) is 6.07 Å². The van der Waals surface area contributed by atoms with Crippen LogP contribution in [0.3, 0.4) is 0 Å². The van der Waals surface area contributed by atoms with E-state index in [4.69, 9.17) is 9.47 Å². The summed E-state index contributed by atoms with van der Waals surface area (Å²) >= 11 is 0. The van der Waals surface area contributed by atoms with Crippen LogP contribution in [-0.4, -0.2) is 38.8 Å². The molecule has 0 aromatic heterocycles. The van der Waals surface area contributed by atoms with Crippen LogP contribution >= 0.6 is 0 Å². The van der Waals surface area contributed by atoms with Crippen LogP contribution in [0.25, 0.3) is 0 Å². The van der Waals surface area contributed by atoms with E-state index >= 15 is 0 Å². The zero-order chi connectivity index (χ0) is 14.9. The van der Waals surface area contributed by atoms with Crippen molar-refractivity contribution in [3.8, 4) is 5.75 Å². The fourth-order valence-corrected chi connectivity index (χ4v) is 2.44. The summed E-state index contributed by atoms with van der Waals surface area (Å²) in [4.78, 5) is 11.9. The van der Waals surface area contributed by atoms with Crippen molar-refractivity contribution in [2.24, 2.45) is 0 Å². The van der Waals surface area contributed by atoms with Gasteiger partial charge in [-0.05, 0) is 37.9 Å². The van der Waals surface area contributed by atoms with Gasteiger partial charge < -0.3 is 20.1 Å². The van der Waals surface area contributed by atoms with Gasteiger partial charge in [0.05, 0.1) is 6.61 Å². The van der Waals surface area contributed by atoms with Crippen molar-refractivity contribution >= 4 is 11.6 Å². The first-order valence-corrected chi connectivity index (χ1v) is 7.53. The Morgan fingerprint density at radius 3 is 3.10 bits per heavy atom. The van der Waals surface area contributed by atoms with Gasteiger partial charge in [0.25, 0.3) is 0 Å². The molecule has 0 spiro atoms. The van der Waals surface area contributed by atoms with E-state index in [1.165, 1.54) is 12.8 Å². The number of methoxy groups -OCH3 is 1. The number of rotatable bonds is 8. The fourth-order valence-electron chi connectivity index (χ4n) is 2.44. The number of hydrogen-bond donors (Lipinski definition) is 2. The highest BCUT2D eigenvalue weighted by Gasteiger charge is 2.15. The Morgan fingerprint density at radius 1 is 1.43 bits per heavy atom. The van der Waals surface area contributed by atoms with Crippen molar-refractivity contribution in [2.45, 2.75) is 31.7 Å². The van der Waals surface area contributed by atoms with Crippen LogP contribution in [0.4, 0.5) is 5.69 Å². The first-order chi connectivity index (χ1) is 10.3. The maximum absolute atomic E-state index is 11.9. The summed E-state index contributed by atoms with van der Waals surface area (Å²) in [7, 11) is 1.64. The van der Waals surface area contributed by atoms with Crippen LogP contribution < -0.4 is 15.4 Å². The Bertz CT molecular complexity index is 445. The lowest BCUT2D eigenvalue weighted by Crippen LogP contribution is -2.23. The van der Waals surface area contributed by atoms with Crippen molar-refractivity contribution < 1.29 is 14.3 Å². The molecule has 1 atom stereocenters. The SMILES string of the molecule is COCCOc1cccc(NC(=O)CCC2CCCN2)c1. The summed E-state index contributed by atoms with van der Waals surface area (Å²) < 4.78 is 10.5. The van der Waals surface area contributed by atoms with E-state index in [9.17, 15) is 4.79 Å². The molecule has 1 amide bonds. The number of carbonyl (C=O) groups is 1. The lowest BCUT2D eigenvalue weighted by atomic mass is 10.1. The van der Waals surface area contributed by atoms with E-state index in [1.807, 2.05) is 24.3 Å². The maximum atomic E-state index is 11.9. The summed E-state index contributed by atoms with van der Waals surface area (Å²) in [6, 6.07) is 7.94. The maximum Gasteiger partial charge on any atom is 0.224 e. The molecule has 0 saturated carbocycles. The van der Waals surface area contributed by atoms with Crippen molar-refractivity contribution in [3.05, 3.63) is 24.3 Å². The number of hydrogen-bond acceptors (Lipinski definition) is 4. The number of anilines is 1. The van der Waals surface area contributed by atoms with Gasteiger partial charge in [-0.2, -0.15) is 0 Å². The second kappa shape index (κ2) is 8.64. The summed E-state index contributed by atoms with van der Waals surface area (Å²) in [6.07, 6.45) is 3.84. The highest BCUT2D eigenvalue weighted by Crippen LogP contribution is 2.18. The molecule has 1 heterocycles. The first-order valence-electron chi connectivity index (χ1n) is 7.53. The van der Waals surface area contributed by atoms with Crippen LogP contribution in [-0.2, 0) is 9.53 Å². The molecule has 1 aromatic rings. The van der Waals surface area contributed by atoms with E-state index in [1.54, 1.807) is 7.11 Å². The molecule has 5 nitrogen and oxygen atoms in total. The van der Waals surface area contributed by atoms with Gasteiger partial charge >= 0.3 is 0 Å². The fraction of sp³-hybridized carbons (Fsp3) is 0.562. The standard InChI is InChI=1S/C16H24N2O3/c1-20-10-11-21-15-6-2-4-14(12-15)18-16(19)8-7-13-5-3-9-17-13/h2,4,6,12-13,17H,3,5,7-11H2,1H3,(H,18,19). The van der Waals surface area contributed by atoms with Gasteiger partial charge in [-0.15, -0.1) is 0 Å². The molecule has 0 aliphatic carbocycles. The highest BCUT2D eigenvalue weighted by atomic mass is 16.5. The predicted octanol–water partition coefficient (Wildman–Crippen LogP) is 2.18. The normalized spacial score (nSPS) is 17.7. The third kappa shape index (κ3) is 5.73. The molecule has 21 heavy (non-hydrogen) atoms. The largest absolute Gasteiger partial charge is 0.491 e.